The Hall–Kier alpha value is -3.13. The van der Waals surface area contributed by atoms with Crippen LogP contribution in [-0.4, -0.2) is 23.3 Å². The quantitative estimate of drug-likeness (QED) is 0.824. The minimum atomic E-state index is -0.236. The Balaban J connectivity index is 2.15. The third-order valence-electron chi connectivity index (χ3n) is 4.11. The smallest absolute Gasteiger partial charge is 0.318 e. The van der Waals surface area contributed by atoms with Crippen LogP contribution in [0.4, 0.5) is 10.5 Å². The molecule has 1 N–H and O–H groups in total. The molecule has 25 heavy (non-hydrogen) atoms. The van der Waals surface area contributed by atoms with Gasteiger partial charge in [-0.2, -0.15) is 5.26 Å². The second-order valence-corrected chi connectivity index (χ2v) is 5.76. The molecule has 0 saturated heterocycles. The number of carbonyl (C=O) groups is 2. The predicted molar refractivity (Wildman–Crippen MR) is 97.4 cm³/mol. The summed E-state index contributed by atoms with van der Waals surface area (Å²) in [5, 5.41) is 11.7. The molecule has 2 rings (SSSR count). The van der Waals surface area contributed by atoms with Gasteiger partial charge in [-0.3, -0.25) is 4.79 Å². The Morgan fingerprint density at radius 1 is 1.20 bits per heavy atom. The molecule has 0 aromatic heterocycles. The first-order chi connectivity index (χ1) is 12.0. The lowest BCUT2D eigenvalue weighted by Gasteiger charge is -2.28. The lowest BCUT2D eigenvalue weighted by Crippen LogP contribution is -2.36. The fourth-order valence-electron chi connectivity index (χ4n) is 2.62. The van der Waals surface area contributed by atoms with Crippen LogP contribution < -0.4 is 5.32 Å². The summed E-state index contributed by atoms with van der Waals surface area (Å²) >= 11 is 0. The van der Waals surface area contributed by atoms with Crippen LogP contribution in [0.5, 0.6) is 0 Å². The van der Waals surface area contributed by atoms with E-state index in [0.29, 0.717) is 23.4 Å². The monoisotopic (exact) mass is 335 g/mol. The van der Waals surface area contributed by atoms with Crippen molar-refractivity contribution in [3.63, 3.8) is 0 Å². The van der Waals surface area contributed by atoms with Crippen LogP contribution in [0, 0.1) is 11.3 Å². The van der Waals surface area contributed by atoms with Crippen molar-refractivity contribution in [1.82, 2.24) is 4.90 Å². The average molecular weight is 335 g/mol. The van der Waals surface area contributed by atoms with E-state index in [1.165, 1.54) is 6.92 Å². The second kappa shape index (κ2) is 8.11. The SMILES string of the molecule is CCN(C(=O)Nc1cccc(C(C)=O)c1)[C@H](C)c1ccc(C#N)cc1. The number of nitriles is 1. The number of hydrogen-bond acceptors (Lipinski definition) is 3. The van der Waals surface area contributed by atoms with Gasteiger partial charge in [-0.15, -0.1) is 0 Å². The average Bonchev–Trinajstić information content (AvgIpc) is 2.62. The minimum Gasteiger partial charge on any atom is -0.318 e. The summed E-state index contributed by atoms with van der Waals surface area (Å²) in [6, 6.07) is 15.8. The van der Waals surface area contributed by atoms with Crippen LogP contribution >= 0.6 is 0 Å². The Morgan fingerprint density at radius 3 is 2.44 bits per heavy atom. The van der Waals surface area contributed by atoms with Gasteiger partial charge in [0.05, 0.1) is 17.7 Å². The molecule has 0 aliphatic rings. The number of Topliss-reactive ketones (excluding diaryl/α,β-unsaturated/α-hetero) is 1. The van der Waals surface area contributed by atoms with Crippen molar-refractivity contribution in [3.05, 3.63) is 65.2 Å². The van der Waals surface area contributed by atoms with E-state index in [4.69, 9.17) is 5.26 Å². The number of rotatable bonds is 5. The molecule has 5 nitrogen and oxygen atoms in total. The van der Waals surface area contributed by atoms with Gasteiger partial charge in [-0.05, 0) is 50.6 Å². The van der Waals surface area contributed by atoms with Crippen LogP contribution in [0.1, 0.15) is 48.3 Å². The third kappa shape index (κ3) is 4.45. The summed E-state index contributed by atoms with van der Waals surface area (Å²) in [5.74, 6) is -0.0469. The number of nitrogens with one attached hydrogen (secondary N) is 1. The van der Waals surface area contributed by atoms with Crippen LogP contribution in [0.3, 0.4) is 0 Å². The first-order valence-corrected chi connectivity index (χ1v) is 8.15. The van der Waals surface area contributed by atoms with Crippen molar-refractivity contribution in [1.29, 1.82) is 5.26 Å². The lowest BCUT2D eigenvalue weighted by molar-refractivity contribution is 0.101. The Kier molecular flexibility index (Phi) is 5.91. The van der Waals surface area contributed by atoms with Crippen molar-refractivity contribution in [2.45, 2.75) is 26.8 Å². The van der Waals surface area contributed by atoms with E-state index in [2.05, 4.69) is 11.4 Å². The molecule has 0 aliphatic carbocycles. The number of anilines is 1. The number of carbonyl (C=O) groups excluding carboxylic acids is 2. The summed E-state index contributed by atoms with van der Waals surface area (Å²) in [6.07, 6.45) is 0. The van der Waals surface area contributed by atoms with Crippen LogP contribution in [0.25, 0.3) is 0 Å². The molecule has 5 heteroatoms. The summed E-state index contributed by atoms with van der Waals surface area (Å²) in [6.45, 7) is 5.87. The van der Waals surface area contributed by atoms with Gasteiger partial charge in [0.1, 0.15) is 0 Å². The van der Waals surface area contributed by atoms with Gasteiger partial charge in [0, 0.05) is 17.8 Å². The molecule has 0 unspecified atom stereocenters. The maximum Gasteiger partial charge on any atom is 0.322 e. The molecular formula is C20H21N3O2. The van der Waals surface area contributed by atoms with Gasteiger partial charge < -0.3 is 10.2 Å². The number of urea groups is 1. The van der Waals surface area contributed by atoms with E-state index in [0.717, 1.165) is 5.56 Å². The van der Waals surface area contributed by atoms with E-state index in [-0.39, 0.29) is 17.9 Å². The fourth-order valence-corrected chi connectivity index (χ4v) is 2.62. The minimum absolute atomic E-state index is 0.0469. The van der Waals surface area contributed by atoms with Crippen molar-refractivity contribution < 1.29 is 9.59 Å². The van der Waals surface area contributed by atoms with Crippen LogP contribution in [0.15, 0.2) is 48.5 Å². The first-order valence-electron chi connectivity index (χ1n) is 8.15. The number of nitrogens with zero attached hydrogens (tertiary/aromatic N) is 2. The zero-order valence-electron chi connectivity index (χ0n) is 14.6. The van der Waals surface area contributed by atoms with E-state index in [1.807, 2.05) is 26.0 Å². The van der Waals surface area contributed by atoms with E-state index < -0.39 is 0 Å². The summed E-state index contributed by atoms with van der Waals surface area (Å²) < 4.78 is 0. The normalized spacial score (nSPS) is 11.3. The van der Waals surface area contributed by atoms with Gasteiger partial charge in [0.25, 0.3) is 0 Å². The molecule has 2 amide bonds. The van der Waals surface area contributed by atoms with E-state index >= 15 is 0 Å². The number of ketones is 1. The lowest BCUT2D eigenvalue weighted by atomic mass is 10.1. The molecular weight excluding hydrogens is 314 g/mol. The van der Waals surface area contributed by atoms with Crippen LogP contribution in [0.2, 0.25) is 0 Å². The third-order valence-corrected chi connectivity index (χ3v) is 4.11. The van der Waals surface area contributed by atoms with Crippen molar-refractivity contribution >= 4 is 17.5 Å². The highest BCUT2D eigenvalue weighted by Crippen LogP contribution is 2.22. The van der Waals surface area contributed by atoms with Crippen molar-refractivity contribution in [2.75, 3.05) is 11.9 Å². The Bertz CT molecular complexity index is 806. The van der Waals surface area contributed by atoms with Gasteiger partial charge in [0.15, 0.2) is 5.78 Å². The fraction of sp³-hybridized carbons (Fsp3) is 0.250. The van der Waals surface area contributed by atoms with Crippen molar-refractivity contribution in [3.8, 4) is 6.07 Å². The zero-order valence-corrected chi connectivity index (χ0v) is 14.6. The molecule has 0 spiro atoms. The first kappa shape index (κ1) is 18.2. The highest BCUT2D eigenvalue weighted by molar-refractivity contribution is 5.96. The van der Waals surface area contributed by atoms with Gasteiger partial charge in [-0.1, -0.05) is 24.3 Å². The van der Waals surface area contributed by atoms with Gasteiger partial charge in [-0.25, -0.2) is 4.79 Å². The molecule has 0 fully saturated rings. The molecule has 0 radical (unpaired) electrons. The molecule has 0 bridgehead atoms. The summed E-state index contributed by atoms with van der Waals surface area (Å²) in [5.41, 5.74) is 2.68. The zero-order chi connectivity index (χ0) is 18.4. The maximum atomic E-state index is 12.6. The number of hydrogen-bond donors (Lipinski definition) is 1. The standard InChI is InChI=1S/C20H21N3O2/c1-4-23(14(2)17-10-8-16(13-21)9-11-17)20(25)22-19-7-5-6-18(12-19)15(3)24/h5-12,14H,4H2,1-3H3,(H,22,25)/t14-/m1/s1. The molecule has 2 aromatic rings. The van der Waals surface area contributed by atoms with Gasteiger partial charge in [0.2, 0.25) is 0 Å². The predicted octanol–water partition coefficient (Wildman–Crippen LogP) is 4.38. The van der Waals surface area contributed by atoms with E-state index in [1.54, 1.807) is 41.3 Å². The topological polar surface area (TPSA) is 73.2 Å². The van der Waals surface area contributed by atoms with Crippen LogP contribution in [-0.2, 0) is 0 Å². The van der Waals surface area contributed by atoms with E-state index in [9.17, 15) is 9.59 Å². The molecule has 2 aromatic carbocycles. The highest BCUT2D eigenvalue weighted by Gasteiger charge is 2.20. The molecule has 128 valence electrons. The summed E-state index contributed by atoms with van der Waals surface area (Å²) in [4.78, 5) is 25.8. The molecule has 0 heterocycles. The second-order valence-electron chi connectivity index (χ2n) is 5.76. The Labute approximate surface area is 147 Å². The number of amides is 2. The highest BCUT2D eigenvalue weighted by atomic mass is 16.2. The summed E-state index contributed by atoms with van der Waals surface area (Å²) in [7, 11) is 0. The molecule has 0 aliphatic heterocycles. The van der Waals surface area contributed by atoms with Crippen molar-refractivity contribution in [2.24, 2.45) is 0 Å². The molecule has 1 atom stereocenters. The Morgan fingerprint density at radius 2 is 1.88 bits per heavy atom. The largest absolute Gasteiger partial charge is 0.322 e. The van der Waals surface area contributed by atoms with Gasteiger partial charge >= 0.3 is 6.03 Å². The molecule has 0 saturated carbocycles. The number of benzene rings is 2. The maximum absolute atomic E-state index is 12.6.